The lowest BCUT2D eigenvalue weighted by Gasteiger charge is -2.00. The standard InChI is InChI=1S/C9H16N4O4/c1-4-16-8(14)12-10-6-7(3)11-13-9(15)17-5-2/h6H,4-5H2,1-3H3,(H,12,14)(H,13,15)/b10-6-,11-7-. The first-order chi connectivity index (χ1) is 8.10. The Bertz CT molecular complexity index is 314. The van der Waals surface area contributed by atoms with Crippen LogP contribution in [-0.4, -0.2) is 37.3 Å². The summed E-state index contributed by atoms with van der Waals surface area (Å²) in [5.41, 5.74) is 4.63. The topological polar surface area (TPSA) is 101 Å². The zero-order chi connectivity index (χ0) is 13.1. The quantitative estimate of drug-likeness (QED) is 0.552. The molecule has 0 aromatic heterocycles. The van der Waals surface area contributed by atoms with Crippen molar-refractivity contribution in [1.29, 1.82) is 0 Å². The third-order valence-corrected chi connectivity index (χ3v) is 1.28. The third-order valence-electron chi connectivity index (χ3n) is 1.28. The molecular formula is C9H16N4O4. The first-order valence-corrected chi connectivity index (χ1v) is 5.03. The molecule has 0 saturated carbocycles. The molecule has 0 saturated heterocycles. The van der Waals surface area contributed by atoms with Crippen molar-refractivity contribution in [2.45, 2.75) is 20.8 Å². The van der Waals surface area contributed by atoms with Crippen molar-refractivity contribution in [3.05, 3.63) is 0 Å². The molecule has 0 aromatic carbocycles. The number of carbonyl (C=O) groups excluding carboxylic acids is 2. The summed E-state index contributed by atoms with van der Waals surface area (Å²) in [5, 5.41) is 7.18. The van der Waals surface area contributed by atoms with E-state index < -0.39 is 12.2 Å². The monoisotopic (exact) mass is 244 g/mol. The van der Waals surface area contributed by atoms with Gasteiger partial charge in [0.25, 0.3) is 0 Å². The number of hydrogen-bond donors (Lipinski definition) is 2. The molecule has 0 bridgehead atoms. The summed E-state index contributed by atoms with van der Waals surface area (Å²) in [5.74, 6) is 0. The average molecular weight is 244 g/mol. The molecule has 2 N–H and O–H groups in total. The SMILES string of the molecule is CCOC(=O)N/N=C\C(C)=N/NC(=O)OCC. The van der Waals surface area contributed by atoms with E-state index in [1.165, 1.54) is 6.21 Å². The third kappa shape index (κ3) is 8.85. The lowest BCUT2D eigenvalue weighted by Crippen LogP contribution is -2.21. The fourth-order valence-electron chi connectivity index (χ4n) is 0.668. The smallest absolute Gasteiger partial charge is 0.427 e. The molecule has 0 heterocycles. The van der Waals surface area contributed by atoms with Crippen LogP contribution in [0.4, 0.5) is 9.59 Å². The second-order valence-electron chi connectivity index (χ2n) is 2.68. The van der Waals surface area contributed by atoms with E-state index in [1.807, 2.05) is 0 Å². The Morgan fingerprint density at radius 3 is 2.18 bits per heavy atom. The molecule has 0 aromatic rings. The van der Waals surface area contributed by atoms with Gasteiger partial charge >= 0.3 is 12.2 Å². The molecule has 0 radical (unpaired) electrons. The van der Waals surface area contributed by atoms with Crippen LogP contribution in [0.2, 0.25) is 0 Å². The fourth-order valence-corrected chi connectivity index (χ4v) is 0.668. The first kappa shape index (κ1) is 14.9. The Hall–Kier alpha value is -2.12. The van der Waals surface area contributed by atoms with Gasteiger partial charge in [0.1, 0.15) is 0 Å². The van der Waals surface area contributed by atoms with Gasteiger partial charge in [0.2, 0.25) is 0 Å². The van der Waals surface area contributed by atoms with Crippen LogP contribution in [0.5, 0.6) is 0 Å². The Labute approximate surface area is 99.0 Å². The second-order valence-corrected chi connectivity index (χ2v) is 2.68. The largest absolute Gasteiger partial charge is 0.449 e. The van der Waals surface area contributed by atoms with Crippen molar-refractivity contribution in [2.24, 2.45) is 10.2 Å². The van der Waals surface area contributed by atoms with Gasteiger partial charge in [-0.25, -0.2) is 20.4 Å². The van der Waals surface area contributed by atoms with Crippen molar-refractivity contribution >= 4 is 24.1 Å². The van der Waals surface area contributed by atoms with Crippen molar-refractivity contribution in [1.82, 2.24) is 10.9 Å². The molecule has 17 heavy (non-hydrogen) atoms. The number of ether oxygens (including phenoxy) is 2. The summed E-state index contributed by atoms with van der Waals surface area (Å²) < 4.78 is 9.14. The summed E-state index contributed by atoms with van der Waals surface area (Å²) in [6, 6.07) is 0. The number of nitrogens with zero attached hydrogens (tertiary/aromatic N) is 2. The summed E-state index contributed by atoms with van der Waals surface area (Å²) in [7, 11) is 0. The molecule has 0 aliphatic carbocycles. The van der Waals surface area contributed by atoms with E-state index >= 15 is 0 Å². The molecular weight excluding hydrogens is 228 g/mol. The summed E-state index contributed by atoms with van der Waals surface area (Å²) >= 11 is 0. The van der Waals surface area contributed by atoms with Gasteiger partial charge in [0.15, 0.2) is 0 Å². The Balaban J connectivity index is 3.94. The maximum atomic E-state index is 10.8. The highest BCUT2D eigenvalue weighted by atomic mass is 16.6. The van der Waals surface area contributed by atoms with Crippen LogP contribution in [0.3, 0.4) is 0 Å². The number of hydrogen-bond acceptors (Lipinski definition) is 6. The minimum Gasteiger partial charge on any atom is -0.449 e. The highest BCUT2D eigenvalue weighted by Crippen LogP contribution is 1.78. The maximum Gasteiger partial charge on any atom is 0.427 e. The van der Waals surface area contributed by atoms with Gasteiger partial charge < -0.3 is 9.47 Å². The number of hydrazone groups is 2. The van der Waals surface area contributed by atoms with E-state index in [-0.39, 0.29) is 13.2 Å². The number of carbonyl (C=O) groups is 2. The minimum absolute atomic E-state index is 0.263. The number of amides is 2. The highest BCUT2D eigenvalue weighted by Gasteiger charge is 1.97. The second kappa shape index (κ2) is 9.13. The van der Waals surface area contributed by atoms with Crippen molar-refractivity contribution in [2.75, 3.05) is 13.2 Å². The van der Waals surface area contributed by atoms with E-state index in [0.29, 0.717) is 5.71 Å². The Morgan fingerprint density at radius 1 is 1.12 bits per heavy atom. The van der Waals surface area contributed by atoms with Crippen LogP contribution in [0.15, 0.2) is 10.2 Å². The molecule has 96 valence electrons. The van der Waals surface area contributed by atoms with Gasteiger partial charge in [-0.2, -0.15) is 10.2 Å². The predicted octanol–water partition coefficient (Wildman–Crippen LogP) is 0.840. The minimum atomic E-state index is -0.657. The molecule has 0 atom stereocenters. The molecule has 0 unspecified atom stereocenters. The summed E-state index contributed by atoms with van der Waals surface area (Å²) in [4.78, 5) is 21.6. The van der Waals surface area contributed by atoms with E-state index in [0.717, 1.165) is 0 Å². The summed E-state index contributed by atoms with van der Waals surface area (Å²) in [6.07, 6.45) is -0.0584. The molecule has 0 aliphatic rings. The highest BCUT2D eigenvalue weighted by molar-refractivity contribution is 6.29. The zero-order valence-corrected chi connectivity index (χ0v) is 10.0. The molecule has 2 amide bonds. The molecule has 0 aliphatic heterocycles. The van der Waals surface area contributed by atoms with Crippen LogP contribution in [0.25, 0.3) is 0 Å². The lowest BCUT2D eigenvalue weighted by molar-refractivity contribution is 0.151. The molecule has 8 heteroatoms. The lowest BCUT2D eigenvalue weighted by atomic mass is 10.5. The number of rotatable bonds is 5. The maximum absolute atomic E-state index is 10.8. The van der Waals surface area contributed by atoms with E-state index in [2.05, 4.69) is 30.5 Å². The van der Waals surface area contributed by atoms with Crippen molar-refractivity contribution < 1.29 is 19.1 Å². The normalized spacial score (nSPS) is 11.1. The Morgan fingerprint density at radius 2 is 1.65 bits per heavy atom. The van der Waals surface area contributed by atoms with Gasteiger partial charge in [-0.1, -0.05) is 0 Å². The zero-order valence-electron chi connectivity index (χ0n) is 10.0. The Kier molecular flexibility index (Phi) is 7.99. The van der Waals surface area contributed by atoms with Crippen LogP contribution in [-0.2, 0) is 9.47 Å². The van der Waals surface area contributed by atoms with E-state index in [1.54, 1.807) is 20.8 Å². The summed E-state index contributed by atoms with van der Waals surface area (Å²) in [6.45, 7) is 5.47. The molecule has 0 fully saturated rings. The molecule has 0 rings (SSSR count). The van der Waals surface area contributed by atoms with Gasteiger partial charge in [0, 0.05) is 0 Å². The van der Waals surface area contributed by atoms with Crippen LogP contribution < -0.4 is 10.9 Å². The van der Waals surface area contributed by atoms with E-state index in [9.17, 15) is 9.59 Å². The van der Waals surface area contributed by atoms with Crippen molar-refractivity contribution in [3.8, 4) is 0 Å². The molecule has 8 nitrogen and oxygen atoms in total. The van der Waals surface area contributed by atoms with Crippen LogP contribution >= 0.6 is 0 Å². The van der Waals surface area contributed by atoms with Crippen molar-refractivity contribution in [3.63, 3.8) is 0 Å². The van der Waals surface area contributed by atoms with Gasteiger partial charge in [-0.15, -0.1) is 0 Å². The van der Waals surface area contributed by atoms with Gasteiger partial charge in [-0.05, 0) is 20.8 Å². The molecule has 0 spiro atoms. The van der Waals surface area contributed by atoms with Gasteiger partial charge in [-0.3, -0.25) is 0 Å². The average Bonchev–Trinajstić information content (AvgIpc) is 2.27. The van der Waals surface area contributed by atoms with Crippen LogP contribution in [0.1, 0.15) is 20.8 Å². The predicted molar refractivity (Wildman–Crippen MR) is 61.9 cm³/mol. The van der Waals surface area contributed by atoms with Gasteiger partial charge in [0.05, 0.1) is 25.1 Å². The first-order valence-electron chi connectivity index (χ1n) is 5.03. The van der Waals surface area contributed by atoms with E-state index in [4.69, 9.17) is 0 Å². The number of nitrogens with one attached hydrogen (secondary N) is 2. The van der Waals surface area contributed by atoms with Crippen LogP contribution in [0, 0.1) is 0 Å². The fraction of sp³-hybridized carbons (Fsp3) is 0.556.